The molecule has 0 aliphatic rings. The van der Waals surface area contributed by atoms with E-state index in [-0.39, 0.29) is 30.0 Å². The SMILES string of the molecule is COc1ccc(CCNC(c2ccc(C(F)(F)F)cc2)C(CN(CCc2ccc(OC)c(OC)c2)S(=O)(=O)c2ccc(C)cc2)C(=O)O)cc1OC. The quantitative estimate of drug-likeness (QED) is 0.117. The van der Waals surface area contributed by atoms with Gasteiger partial charge in [0.05, 0.1) is 44.8 Å². The topological polar surface area (TPSA) is 124 Å². The molecule has 0 saturated heterocycles. The van der Waals surface area contributed by atoms with Crippen LogP contribution < -0.4 is 24.3 Å². The first-order valence-corrected chi connectivity index (χ1v) is 17.8. The number of hydrogen-bond donors (Lipinski definition) is 2. The average molecular weight is 745 g/mol. The Bertz CT molecular complexity index is 1900. The molecule has 52 heavy (non-hydrogen) atoms. The summed E-state index contributed by atoms with van der Waals surface area (Å²) in [5.74, 6) is -0.811. The van der Waals surface area contributed by atoms with Crippen LogP contribution in [0.1, 0.15) is 33.9 Å². The van der Waals surface area contributed by atoms with E-state index in [0.717, 1.165) is 27.6 Å². The highest BCUT2D eigenvalue weighted by atomic mass is 32.2. The van der Waals surface area contributed by atoms with Crippen molar-refractivity contribution in [3.63, 3.8) is 0 Å². The van der Waals surface area contributed by atoms with Crippen LogP contribution in [-0.4, -0.2) is 71.9 Å². The maximum Gasteiger partial charge on any atom is 0.416 e. The Morgan fingerprint density at radius 3 is 1.77 bits per heavy atom. The summed E-state index contributed by atoms with van der Waals surface area (Å²) in [5, 5.41) is 13.9. The van der Waals surface area contributed by atoms with Gasteiger partial charge in [-0.15, -0.1) is 0 Å². The number of sulfonamides is 1. The third-order valence-corrected chi connectivity index (χ3v) is 10.6. The standard InChI is InChI=1S/C38H43F3N2O8S/c1-25-6-14-30(15-7-25)52(46,47)43(21-19-27-9-17-33(49-3)35(23-27)51-5)24-31(37(44)45)36(28-10-12-29(13-11-28)38(39,40)41)42-20-18-26-8-16-32(48-2)34(22-26)50-4/h6-17,22-23,31,36,42H,18-21,24H2,1-5H3,(H,44,45). The van der Waals surface area contributed by atoms with Gasteiger partial charge in [0.15, 0.2) is 23.0 Å². The predicted molar refractivity (Wildman–Crippen MR) is 190 cm³/mol. The lowest BCUT2D eigenvalue weighted by molar-refractivity contribution is -0.143. The number of carboxylic acid groups (broad SMARTS) is 1. The minimum atomic E-state index is -4.61. The lowest BCUT2D eigenvalue weighted by Gasteiger charge is -2.31. The van der Waals surface area contributed by atoms with Crippen molar-refractivity contribution in [1.29, 1.82) is 0 Å². The summed E-state index contributed by atoms with van der Waals surface area (Å²) in [6.45, 7) is 1.41. The fourth-order valence-electron chi connectivity index (χ4n) is 5.78. The van der Waals surface area contributed by atoms with Crippen molar-refractivity contribution in [2.24, 2.45) is 5.92 Å². The highest BCUT2D eigenvalue weighted by molar-refractivity contribution is 7.89. The molecule has 0 aliphatic heterocycles. The second-order valence-corrected chi connectivity index (χ2v) is 14.0. The number of rotatable bonds is 18. The van der Waals surface area contributed by atoms with Crippen molar-refractivity contribution >= 4 is 16.0 Å². The smallest absolute Gasteiger partial charge is 0.416 e. The number of hydrogen-bond acceptors (Lipinski definition) is 8. The van der Waals surface area contributed by atoms with Crippen LogP contribution in [0, 0.1) is 12.8 Å². The van der Waals surface area contributed by atoms with Crippen LogP contribution >= 0.6 is 0 Å². The number of methoxy groups -OCH3 is 4. The van der Waals surface area contributed by atoms with Crippen molar-refractivity contribution in [2.75, 3.05) is 48.1 Å². The van der Waals surface area contributed by atoms with E-state index in [1.165, 1.54) is 52.7 Å². The molecule has 0 spiro atoms. The van der Waals surface area contributed by atoms with Crippen LogP contribution in [-0.2, 0) is 33.8 Å². The fourth-order valence-corrected chi connectivity index (χ4v) is 7.25. The van der Waals surface area contributed by atoms with E-state index in [1.54, 1.807) is 42.5 Å². The molecule has 0 aromatic heterocycles. The van der Waals surface area contributed by atoms with E-state index in [0.29, 0.717) is 35.0 Å². The van der Waals surface area contributed by atoms with Gasteiger partial charge in [0.2, 0.25) is 10.0 Å². The Labute approximate surface area is 302 Å². The zero-order valence-corrected chi connectivity index (χ0v) is 30.4. The summed E-state index contributed by atoms with van der Waals surface area (Å²) in [7, 11) is 1.73. The molecule has 4 rings (SSSR count). The van der Waals surface area contributed by atoms with E-state index in [2.05, 4.69) is 5.32 Å². The molecule has 2 unspecified atom stereocenters. The van der Waals surface area contributed by atoms with Crippen LogP contribution in [0.2, 0.25) is 0 Å². The molecule has 0 saturated carbocycles. The number of aliphatic carboxylic acids is 1. The number of aryl methyl sites for hydroxylation is 1. The van der Waals surface area contributed by atoms with Gasteiger partial charge < -0.3 is 29.4 Å². The summed E-state index contributed by atoms with van der Waals surface area (Å²) in [6, 6.07) is 19.8. The van der Waals surface area contributed by atoms with Crippen LogP contribution in [0.5, 0.6) is 23.0 Å². The fraction of sp³-hybridized carbons (Fsp3) is 0.342. The first-order valence-electron chi connectivity index (χ1n) is 16.3. The van der Waals surface area contributed by atoms with Gasteiger partial charge in [-0.2, -0.15) is 17.5 Å². The first kappa shape index (κ1) is 40.0. The Hall–Kier alpha value is -4.79. The van der Waals surface area contributed by atoms with Gasteiger partial charge in [-0.25, -0.2) is 8.42 Å². The second kappa shape index (κ2) is 17.6. The lowest BCUT2D eigenvalue weighted by Crippen LogP contribution is -2.44. The van der Waals surface area contributed by atoms with Crippen molar-refractivity contribution in [3.8, 4) is 23.0 Å². The van der Waals surface area contributed by atoms with Crippen LogP contribution in [0.4, 0.5) is 13.2 Å². The van der Waals surface area contributed by atoms with Crippen LogP contribution in [0.15, 0.2) is 89.8 Å². The molecule has 280 valence electrons. The van der Waals surface area contributed by atoms with Crippen LogP contribution in [0.25, 0.3) is 0 Å². The average Bonchev–Trinajstić information content (AvgIpc) is 3.13. The van der Waals surface area contributed by atoms with Crippen LogP contribution in [0.3, 0.4) is 0 Å². The third kappa shape index (κ3) is 9.96. The molecule has 10 nitrogen and oxygen atoms in total. The largest absolute Gasteiger partial charge is 0.493 e. The molecule has 0 amide bonds. The van der Waals surface area contributed by atoms with Crippen molar-refractivity contribution in [1.82, 2.24) is 9.62 Å². The van der Waals surface area contributed by atoms with E-state index >= 15 is 0 Å². The van der Waals surface area contributed by atoms with Gasteiger partial charge in [-0.1, -0.05) is 42.0 Å². The number of ether oxygens (including phenoxy) is 4. The summed E-state index contributed by atoms with van der Waals surface area (Å²) in [6.07, 6.45) is -4.03. The lowest BCUT2D eigenvalue weighted by atomic mass is 9.91. The normalized spacial score (nSPS) is 13.0. The number of benzene rings is 4. The highest BCUT2D eigenvalue weighted by Crippen LogP contribution is 2.33. The zero-order chi connectivity index (χ0) is 38.1. The third-order valence-electron chi connectivity index (χ3n) is 8.70. The molecule has 0 fully saturated rings. The Balaban J connectivity index is 1.71. The van der Waals surface area contributed by atoms with Gasteiger partial charge in [0.1, 0.15) is 0 Å². The Morgan fingerprint density at radius 2 is 1.29 bits per heavy atom. The number of carboxylic acids is 1. The second-order valence-electron chi connectivity index (χ2n) is 12.1. The van der Waals surface area contributed by atoms with E-state index < -0.39 is 46.2 Å². The molecular formula is C38H43F3N2O8S. The number of nitrogens with zero attached hydrogens (tertiary/aromatic N) is 1. The maximum atomic E-state index is 14.2. The molecule has 4 aromatic rings. The number of carbonyl (C=O) groups is 1. The molecule has 0 bridgehead atoms. The number of halogens is 3. The van der Waals surface area contributed by atoms with E-state index in [9.17, 15) is 31.5 Å². The predicted octanol–water partition coefficient (Wildman–Crippen LogP) is 6.56. The first-order chi connectivity index (χ1) is 24.7. The number of nitrogens with one attached hydrogen (secondary N) is 1. The monoisotopic (exact) mass is 744 g/mol. The van der Waals surface area contributed by atoms with Crippen molar-refractivity contribution in [3.05, 3.63) is 113 Å². The molecule has 2 atom stereocenters. The summed E-state index contributed by atoms with van der Waals surface area (Å²) in [4.78, 5) is 13.1. The van der Waals surface area contributed by atoms with E-state index in [4.69, 9.17) is 18.9 Å². The molecule has 0 radical (unpaired) electrons. The zero-order valence-electron chi connectivity index (χ0n) is 29.6. The highest BCUT2D eigenvalue weighted by Gasteiger charge is 2.36. The number of alkyl halides is 3. The minimum absolute atomic E-state index is 0.0259. The van der Waals surface area contributed by atoms with Crippen molar-refractivity contribution in [2.45, 2.75) is 36.9 Å². The molecule has 0 heterocycles. The minimum Gasteiger partial charge on any atom is -0.493 e. The summed E-state index contributed by atoms with van der Waals surface area (Å²) >= 11 is 0. The van der Waals surface area contributed by atoms with Gasteiger partial charge >= 0.3 is 12.1 Å². The summed E-state index contributed by atoms with van der Waals surface area (Å²) in [5.41, 5.74) is 1.72. The molecule has 4 aromatic carbocycles. The van der Waals surface area contributed by atoms with Crippen molar-refractivity contribution < 1.29 is 50.4 Å². The summed E-state index contributed by atoms with van der Waals surface area (Å²) < 4.78 is 91.4. The Kier molecular flexibility index (Phi) is 13.6. The van der Waals surface area contributed by atoms with Gasteiger partial charge in [-0.3, -0.25) is 4.79 Å². The molecule has 0 aliphatic carbocycles. The molecular weight excluding hydrogens is 701 g/mol. The van der Waals surface area contributed by atoms with Gasteiger partial charge in [0, 0.05) is 19.1 Å². The van der Waals surface area contributed by atoms with Gasteiger partial charge in [-0.05, 0) is 91.5 Å². The van der Waals surface area contributed by atoms with E-state index in [1.807, 2.05) is 13.0 Å². The maximum absolute atomic E-state index is 14.2. The molecule has 14 heteroatoms. The van der Waals surface area contributed by atoms with Gasteiger partial charge in [0.25, 0.3) is 0 Å². The molecule has 2 N–H and O–H groups in total. The Morgan fingerprint density at radius 1 is 0.769 bits per heavy atom.